The highest BCUT2D eigenvalue weighted by atomic mass is 16.2. The number of carbonyl (C=O) groups is 3. The molecule has 3 aromatic rings. The van der Waals surface area contributed by atoms with Crippen LogP contribution in [-0.2, 0) is 4.79 Å². The summed E-state index contributed by atoms with van der Waals surface area (Å²) in [6, 6.07) is 17.6. The summed E-state index contributed by atoms with van der Waals surface area (Å²) in [5.41, 5.74) is 4.15. The first-order chi connectivity index (χ1) is 18.8. The van der Waals surface area contributed by atoms with Crippen LogP contribution in [0.1, 0.15) is 76.8 Å². The predicted molar refractivity (Wildman–Crippen MR) is 153 cm³/mol. The van der Waals surface area contributed by atoms with Crippen LogP contribution in [0.2, 0.25) is 0 Å². The lowest BCUT2D eigenvalue weighted by molar-refractivity contribution is -0.143. The summed E-state index contributed by atoms with van der Waals surface area (Å²) in [4.78, 5) is 44.8. The van der Waals surface area contributed by atoms with Gasteiger partial charge in [0.15, 0.2) is 0 Å². The second-order valence-corrected chi connectivity index (χ2v) is 12.8. The predicted octanol–water partition coefficient (Wildman–Crippen LogP) is 6.69. The van der Waals surface area contributed by atoms with Crippen molar-refractivity contribution in [2.75, 3.05) is 18.0 Å². The first-order valence-corrected chi connectivity index (χ1v) is 14.6. The SMILES string of the molecule is Cc1ccc(N(CCCN2C(=O)c3cccc4cccc(c34)C2=O)C(=O)C23CC4CC(CC(C4)C2)C3)c(C)c1. The second-order valence-electron chi connectivity index (χ2n) is 12.8. The van der Waals surface area contributed by atoms with Crippen molar-refractivity contribution in [3.05, 3.63) is 76.9 Å². The van der Waals surface area contributed by atoms with Gasteiger partial charge in [0.05, 0.1) is 5.41 Å². The first-order valence-electron chi connectivity index (χ1n) is 14.6. The molecular formula is C34H36N2O3. The topological polar surface area (TPSA) is 57.7 Å². The average molecular weight is 521 g/mol. The van der Waals surface area contributed by atoms with Gasteiger partial charge in [0, 0.05) is 35.3 Å². The summed E-state index contributed by atoms with van der Waals surface area (Å²) >= 11 is 0. The van der Waals surface area contributed by atoms with Crippen molar-refractivity contribution in [3.8, 4) is 0 Å². The molecule has 4 bridgehead atoms. The van der Waals surface area contributed by atoms with Gasteiger partial charge in [-0.25, -0.2) is 0 Å². The molecule has 4 aliphatic carbocycles. The van der Waals surface area contributed by atoms with Crippen LogP contribution in [0.25, 0.3) is 10.8 Å². The zero-order chi connectivity index (χ0) is 26.9. The normalized spacial score (nSPS) is 26.9. The summed E-state index contributed by atoms with van der Waals surface area (Å²) in [6.07, 6.45) is 7.48. The van der Waals surface area contributed by atoms with Crippen LogP contribution in [0.3, 0.4) is 0 Å². The fourth-order valence-electron chi connectivity index (χ4n) is 8.77. The van der Waals surface area contributed by atoms with Crippen molar-refractivity contribution < 1.29 is 14.4 Å². The first kappa shape index (κ1) is 24.6. The fraction of sp³-hybridized carbons (Fsp3) is 0.441. The molecule has 1 heterocycles. The highest BCUT2D eigenvalue weighted by molar-refractivity contribution is 6.25. The minimum Gasteiger partial charge on any atom is -0.312 e. The molecule has 4 fully saturated rings. The molecule has 5 heteroatoms. The van der Waals surface area contributed by atoms with E-state index in [1.165, 1.54) is 29.7 Å². The molecule has 5 aliphatic rings. The number of nitrogens with zero attached hydrogens (tertiary/aromatic N) is 2. The number of amides is 3. The van der Waals surface area contributed by atoms with Gasteiger partial charge in [-0.1, -0.05) is 42.0 Å². The summed E-state index contributed by atoms with van der Waals surface area (Å²) in [7, 11) is 0. The molecule has 3 aromatic carbocycles. The molecule has 39 heavy (non-hydrogen) atoms. The molecule has 0 unspecified atom stereocenters. The van der Waals surface area contributed by atoms with Gasteiger partial charge < -0.3 is 4.90 Å². The Morgan fingerprint density at radius 3 is 2.03 bits per heavy atom. The Balaban J connectivity index is 1.16. The average Bonchev–Trinajstić information content (AvgIpc) is 2.91. The Labute approximate surface area is 230 Å². The molecule has 5 nitrogen and oxygen atoms in total. The van der Waals surface area contributed by atoms with Crippen LogP contribution >= 0.6 is 0 Å². The minimum absolute atomic E-state index is 0.241. The van der Waals surface area contributed by atoms with Gasteiger partial charge in [0.1, 0.15) is 0 Å². The largest absolute Gasteiger partial charge is 0.312 e. The third-order valence-electron chi connectivity index (χ3n) is 10.00. The maximum atomic E-state index is 14.5. The van der Waals surface area contributed by atoms with Crippen molar-refractivity contribution in [2.45, 2.75) is 58.8 Å². The van der Waals surface area contributed by atoms with Crippen molar-refractivity contribution in [2.24, 2.45) is 23.2 Å². The second kappa shape index (κ2) is 9.04. The molecule has 0 atom stereocenters. The number of hydrogen-bond donors (Lipinski definition) is 0. The van der Waals surface area contributed by atoms with E-state index in [-0.39, 0.29) is 29.7 Å². The van der Waals surface area contributed by atoms with Gasteiger partial charge in [0.2, 0.25) is 5.91 Å². The summed E-state index contributed by atoms with van der Waals surface area (Å²) in [5, 5.41) is 1.66. The summed E-state index contributed by atoms with van der Waals surface area (Å²) in [5.74, 6) is 1.84. The molecule has 0 spiro atoms. The van der Waals surface area contributed by atoms with E-state index < -0.39 is 0 Å². The quantitative estimate of drug-likeness (QED) is 0.340. The summed E-state index contributed by atoms with van der Waals surface area (Å²) < 4.78 is 0. The van der Waals surface area contributed by atoms with Crippen LogP contribution < -0.4 is 4.90 Å². The molecule has 0 saturated heterocycles. The van der Waals surface area contributed by atoms with Crippen molar-refractivity contribution in [1.82, 2.24) is 4.90 Å². The molecule has 8 rings (SSSR count). The molecule has 0 N–H and O–H groups in total. The van der Waals surface area contributed by atoms with Gasteiger partial charge in [-0.2, -0.15) is 0 Å². The van der Waals surface area contributed by atoms with E-state index in [0.29, 0.717) is 41.8 Å². The van der Waals surface area contributed by atoms with Crippen LogP contribution in [0.5, 0.6) is 0 Å². The Morgan fingerprint density at radius 1 is 0.872 bits per heavy atom. The lowest BCUT2D eigenvalue weighted by Gasteiger charge is -2.56. The zero-order valence-electron chi connectivity index (χ0n) is 22.9. The van der Waals surface area contributed by atoms with E-state index in [9.17, 15) is 14.4 Å². The van der Waals surface area contributed by atoms with Crippen molar-refractivity contribution >= 4 is 34.2 Å². The van der Waals surface area contributed by atoms with E-state index in [1.54, 1.807) is 0 Å². The Morgan fingerprint density at radius 2 is 1.46 bits per heavy atom. The third-order valence-corrected chi connectivity index (χ3v) is 10.00. The van der Waals surface area contributed by atoms with Gasteiger partial charge in [-0.15, -0.1) is 0 Å². The molecular weight excluding hydrogens is 484 g/mol. The number of benzene rings is 3. The number of anilines is 1. The monoisotopic (exact) mass is 520 g/mol. The molecule has 4 saturated carbocycles. The van der Waals surface area contributed by atoms with Crippen molar-refractivity contribution in [3.63, 3.8) is 0 Å². The van der Waals surface area contributed by atoms with Crippen LogP contribution in [-0.4, -0.2) is 35.7 Å². The Hall–Kier alpha value is -3.47. The van der Waals surface area contributed by atoms with E-state index in [1.807, 2.05) is 41.3 Å². The van der Waals surface area contributed by atoms with Crippen LogP contribution in [0.4, 0.5) is 5.69 Å². The zero-order valence-corrected chi connectivity index (χ0v) is 22.9. The lowest BCUT2D eigenvalue weighted by Crippen LogP contribution is -2.55. The smallest absolute Gasteiger partial charge is 0.261 e. The van der Waals surface area contributed by atoms with Crippen molar-refractivity contribution in [1.29, 1.82) is 0 Å². The van der Waals surface area contributed by atoms with Gasteiger partial charge in [-0.3, -0.25) is 19.3 Å². The molecule has 0 radical (unpaired) electrons. The fourth-order valence-corrected chi connectivity index (χ4v) is 8.77. The number of hydrogen-bond acceptors (Lipinski definition) is 3. The standard InChI is InChI=1S/C34H36N2O3/c1-21-10-11-29(22(2)14-21)35(33(39)34-18-23-15-24(19-34)17-25(16-23)20-34)12-5-13-36-31(37)27-8-3-6-26-7-4-9-28(30(26)27)32(36)38/h3-4,6-11,14,23-25H,5,12-13,15-20H2,1-2H3. The lowest BCUT2D eigenvalue weighted by atomic mass is 9.49. The molecule has 200 valence electrons. The Bertz CT molecular complexity index is 1440. The van der Waals surface area contributed by atoms with E-state index in [4.69, 9.17) is 0 Å². The van der Waals surface area contributed by atoms with E-state index >= 15 is 0 Å². The number of carbonyl (C=O) groups excluding carboxylic acids is 3. The maximum absolute atomic E-state index is 14.5. The number of aryl methyl sites for hydroxylation is 2. The van der Waals surface area contributed by atoms with Gasteiger partial charge >= 0.3 is 0 Å². The van der Waals surface area contributed by atoms with Gasteiger partial charge in [-0.05, 0) is 106 Å². The van der Waals surface area contributed by atoms with Gasteiger partial charge in [0.25, 0.3) is 11.8 Å². The highest BCUT2D eigenvalue weighted by Crippen LogP contribution is 2.60. The molecule has 1 aliphatic heterocycles. The van der Waals surface area contributed by atoms with E-state index in [2.05, 4.69) is 32.0 Å². The van der Waals surface area contributed by atoms with Crippen LogP contribution in [0.15, 0.2) is 54.6 Å². The Kier molecular flexibility index (Phi) is 5.69. The molecule has 0 aromatic heterocycles. The highest BCUT2D eigenvalue weighted by Gasteiger charge is 2.55. The molecule has 3 amide bonds. The maximum Gasteiger partial charge on any atom is 0.261 e. The minimum atomic E-state index is -0.253. The van der Waals surface area contributed by atoms with E-state index in [0.717, 1.165) is 41.3 Å². The van der Waals surface area contributed by atoms with Crippen LogP contribution in [0, 0.1) is 37.0 Å². The number of rotatable bonds is 6. The number of imide groups is 1. The summed E-state index contributed by atoms with van der Waals surface area (Å²) in [6.45, 7) is 4.94. The third kappa shape index (κ3) is 3.92.